The molecule has 26 heavy (non-hydrogen) atoms. The lowest BCUT2D eigenvalue weighted by atomic mass is 10.1. The van der Waals surface area contributed by atoms with Gasteiger partial charge in [0.05, 0.1) is 12.1 Å². The molecule has 0 saturated carbocycles. The first-order valence-electron chi connectivity index (χ1n) is 8.96. The summed E-state index contributed by atoms with van der Waals surface area (Å²) >= 11 is 0. The number of rotatable bonds is 5. The number of nitrogens with one attached hydrogen (secondary N) is 1. The van der Waals surface area contributed by atoms with Crippen LogP contribution in [0.15, 0.2) is 48.8 Å². The first kappa shape index (κ1) is 18.1. The number of hydrogen-bond donors (Lipinski definition) is 1. The van der Waals surface area contributed by atoms with Crippen LogP contribution in [0.4, 0.5) is 5.69 Å². The summed E-state index contributed by atoms with van der Waals surface area (Å²) in [6.45, 7) is 5.03. The molecule has 0 spiro atoms. The Morgan fingerprint density at radius 1 is 1.08 bits per heavy atom. The zero-order valence-corrected chi connectivity index (χ0v) is 15.0. The second kappa shape index (κ2) is 8.58. The highest BCUT2D eigenvalue weighted by Gasteiger charge is 2.23. The van der Waals surface area contributed by atoms with Crippen molar-refractivity contribution in [2.45, 2.75) is 13.3 Å². The lowest BCUT2D eigenvalue weighted by Gasteiger charge is -2.34. The van der Waals surface area contributed by atoms with Crippen LogP contribution in [0.1, 0.15) is 22.8 Å². The van der Waals surface area contributed by atoms with Gasteiger partial charge in [-0.05, 0) is 30.2 Å². The van der Waals surface area contributed by atoms with Crippen LogP contribution in [0.2, 0.25) is 0 Å². The predicted octanol–water partition coefficient (Wildman–Crippen LogP) is 2.04. The maximum Gasteiger partial charge on any atom is 0.255 e. The van der Waals surface area contributed by atoms with Crippen LogP contribution >= 0.6 is 0 Å². The molecule has 1 aromatic heterocycles. The highest BCUT2D eigenvalue weighted by Crippen LogP contribution is 2.15. The Balaban J connectivity index is 1.49. The van der Waals surface area contributed by atoms with Crippen molar-refractivity contribution in [3.05, 3.63) is 59.9 Å². The molecule has 1 fully saturated rings. The van der Waals surface area contributed by atoms with Crippen molar-refractivity contribution >= 4 is 17.5 Å². The number of hydrogen-bond acceptors (Lipinski definition) is 4. The van der Waals surface area contributed by atoms with Crippen molar-refractivity contribution in [3.8, 4) is 0 Å². The summed E-state index contributed by atoms with van der Waals surface area (Å²) in [7, 11) is 0. The van der Waals surface area contributed by atoms with Gasteiger partial charge in [-0.1, -0.05) is 25.1 Å². The molecule has 136 valence electrons. The molecule has 1 aromatic carbocycles. The normalized spacial score (nSPS) is 14.9. The van der Waals surface area contributed by atoms with Gasteiger partial charge in [-0.15, -0.1) is 0 Å². The molecule has 2 heterocycles. The lowest BCUT2D eigenvalue weighted by Crippen LogP contribution is -2.50. The molecule has 6 nitrogen and oxygen atoms in total. The molecule has 0 unspecified atom stereocenters. The van der Waals surface area contributed by atoms with Crippen LogP contribution in [-0.2, 0) is 11.2 Å². The first-order valence-corrected chi connectivity index (χ1v) is 8.96. The van der Waals surface area contributed by atoms with Gasteiger partial charge in [0.2, 0.25) is 5.91 Å². The standard InChI is InChI=1S/C20H24N4O2/c1-2-16-6-3-4-8-18(16)22-19(25)15-23-10-12-24(13-11-23)20(26)17-7-5-9-21-14-17/h3-9,14H,2,10-13,15H2,1H3,(H,22,25). The molecule has 1 aliphatic heterocycles. The molecule has 1 saturated heterocycles. The third-order valence-electron chi connectivity index (χ3n) is 4.61. The smallest absolute Gasteiger partial charge is 0.255 e. The predicted molar refractivity (Wildman–Crippen MR) is 101 cm³/mol. The van der Waals surface area contributed by atoms with Crippen molar-refractivity contribution in [1.82, 2.24) is 14.8 Å². The van der Waals surface area contributed by atoms with Crippen LogP contribution in [0.25, 0.3) is 0 Å². The summed E-state index contributed by atoms with van der Waals surface area (Å²) in [6, 6.07) is 11.4. The summed E-state index contributed by atoms with van der Waals surface area (Å²) in [5, 5.41) is 3.00. The van der Waals surface area contributed by atoms with Crippen molar-refractivity contribution in [2.75, 3.05) is 38.0 Å². The van der Waals surface area contributed by atoms with Gasteiger partial charge in [-0.2, -0.15) is 0 Å². The Morgan fingerprint density at radius 3 is 2.54 bits per heavy atom. The Bertz CT molecular complexity index is 755. The van der Waals surface area contributed by atoms with Crippen molar-refractivity contribution in [3.63, 3.8) is 0 Å². The van der Waals surface area contributed by atoms with E-state index in [2.05, 4.69) is 22.1 Å². The van der Waals surface area contributed by atoms with E-state index < -0.39 is 0 Å². The van der Waals surface area contributed by atoms with E-state index in [0.29, 0.717) is 38.3 Å². The van der Waals surface area contributed by atoms with Crippen LogP contribution in [-0.4, -0.2) is 59.3 Å². The number of carbonyl (C=O) groups is 2. The summed E-state index contributed by atoms with van der Waals surface area (Å²) in [6.07, 6.45) is 4.13. The SMILES string of the molecule is CCc1ccccc1NC(=O)CN1CCN(C(=O)c2cccnc2)CC1. The third kappa shape index (κ3) is 4.46. The van der Waals surface area contributed by atoms with E-state index in [9.17, 15) is 9.59 Å². The number of nitrogens with zero attached hydrogens (tertiary/aromatic N) is 3. The number of para-hydroxylation sites is 1. The first-order chi connectivity index (χ1) is 12.7. The van der Waals surface area contributed by atoms with Gasteiger partial charge in [-0.25, -0.2) is 0 Å². The molecule has 2 amide bonds. The number of pyridine rings is 1. The Kier molecular flexibility index (Phi) is 5.96. The molecule has 1 N–H and O–H groups in total. The average Bonchev–Trinajstić information content (AvgIpc) is 2.69. The van der Waals surface area contributed by atoms with E-state index >= 15 is 0 Å². The quantitative estimate of drug-likeness (QED) is 0.894. The fraction of sp³-hybridized carbons (Fsp3) is 0.350. The summed E-state index contributed by atoms with van der Waals surface area (Å²) in [5.41, 5.74) is 2.62. The molecular formula is C20H24N4O2. The minimum atomic E-state index is -0.0158. The molecule has 2 aromatic rings. The largest absolute Gasteiger partial charge is 0.336 e. The minimum absolute atomic E-state index is 0.000857. The van der Waals surface area contributed by atoms with Gasteiger partial charge in [0.15, 0.2) is 0 Å². The zero-order chi connectivity index (χ0) is 18.4. The zero-order valence-electron chi connectivity index (χ0n) is 15.0. The molecule has 0 atom stereocenters. The highest BCUT2D eigenvalue weighted by atomic mass is 16.2. The van der Waals surface area contributed by atoms with Crippen LogP contribution in [0, 0.1) is 0 Å². The van der Waals surface area contributed by atoms with Gasteiger partial charge in [-0.3, -0.25) is 19.5 Å². The van der Waals surface area contributed by atoms with E-state index in [1.54, 1.807) is 24.5 Å². The maximum absolute atomic E-state index is 12.4. The molecule has 0 bridgehead atoms. The lowest BCUT2D eigenvalue weighted by molar-refractivity contribution is -0.117. The van der Waals surface area contributed by atoms with E-state index in [4.69, 9.17) is 0 Å². The number of aryl methyl sites for hydroxylation is 1. The highest BCUT2D eigenvalue weighted by molar-refractivity contribution is 5.94. The molecule has 6 heteroatoms. The fourth-order valence-electron chi connectivity index (χ4n) is 3.12. The number of aromatic nitrogens is 1. The molecule has 0 radical (unpaired) electrons. The van der Waals surface area contributed by atoms with Gasteiger partial charge < -0.3 is 10.2 Å². The van der Waals surface area contributed by atoms with Gasteiger partial charge in [0, 0.05) is 44.3 Å². The van der Waals surface area contributed by atoms with E-state index in [1.807, 2.05) is 29.2 Å². The number of anilines is 1. The number of carbonyl (C=O) groups excluding carboxylic acids is 2. The Hall–Kier alpha value is -2.73. The minimum Gasteiger partial charge on any atom is -0.336 e. The fourth-order valence-corrected chi connectivity index (χ4v) is 3.12. The summed E-state index contributed by atoms with van der Waals surface area (Å²) < 4.78 is 0. The van der Waals surface area contributed by atoms with Gasteiger partial charge >= 0.3 is 0 Å². The van der Waals surface area contributed by atoms with Crippen molar-refractivity contribution < 1.29 is 9.59 Å². The second-order valence-electron chi connectivity index (χ2n) is 6.37. The molecule has 1 aliphatic rings. The second-order valence-corrected chi connectivity index (χ2v) is 6.37. The summed E-state index contributed by atoms with van der Waals surface area (Å²) in [4.78, 5) is 32.7. The monoisotopic (exact) mass is 352 g/mol. The Morgan fingerprint density at radius 2 is 1.85 bits per heavy atom. The van der Waals surface area contributed by atoms with Crippen LogP contribution < -0.4 is 5.32 Å². The van der Waals surface area contributed by atoms with Gasteiger partial charge in [0.25, 0.3) is 5.91 Å². The van der Waals surface area contributed by atoms with E-state index in [-0.39, 0.29) is 11.8 Å². The third-order valence-corrected chi connectivity index (χ3v) is 4.61. The topological polar surface area (TPSA) is 65.5 Å². The van der Waals surface area contributed by atoms with Crippen LogP contribution in [0.3, 0.4) is 0 Å². The average molecular weight is 352 g/mol. The number of piperazine rings is 1. The van der Waals surface area contributed by atoms with Crippen molar-refractivity contribution in [1.29, 1.82) is 0 Å². The van der Waals surface area contributed by atoms with E-state index in [0.717, 1.165) is 17.7 Å². The van der Waals surface area contributed by atoms with Crippen molar-refractivity contribution in [2.24, 2.45) is 0 Å². The maximum atomic E-state index is 12.4. The number of amides is 2. The Labute approximate surface area is 153 Å². The van der Waals surface area contributed by atoms with E-state index in [1.165, 1.54) is 0 Å². The molecule has 0 aliphatic carbocycles. The number of benzene rings is 1. The van der Waals surface area contributed by atoms with Crippen LogP contribution in [0.5, 0.6) is 0 Å². The molecule has 3 rings (SSSR count). The summed E-state index contributed by atoms with van der Waals surface area (Å²) in [5.74, 6) is -0.0167. The molecular weight excluding hydrogens is 328 g/mol. The van der Waals surface area contributed by atoms with Gasteiger partial charge in [0.1, 0.15) is 0 Å².